The Bertz CT molecular complexity index is 72.7. The van der Waals surface area contributed by atoms with Crippen molar-refractivity contribution in [1.82, 2.24) is 5.48 Å². The minimum atomic E-state index is -4.11. The second-order valence-electron chi connectivity index (χ2n) is 1.42. The highest BCUT2D eigenvalue weighted by atomic mass is 19.4. The van der Waals surface area contributed by atoms with Crippen LogP contribution in [0.4, 0.5) is 13.2 Å². The third-order valence-electron chi connectivity index (χ3n) is 0.632. The Morgan fingerprint density at radius 3 is 2.33 bits per heavy atom. The van der Waals surface area contributed by atoms with Crippen molar-refractivity contribution < 1.29 is 18.0 Å². The highest BCUT2D eigenvalue weighted by molar-refractivity contribution is 4.46. The zero-order valence-corrected chi connectivity index (χ0v) is 4.96. The van der Waals surface area contributed by atoms with Gasteiger partial charge in [-0.3, -0.25) is 0 Å². The summed E-state index contributed by atoms with van der Waals surface area (Å²) in [6, 6.07) is 0. The van der Waals surface area contributed by atoms with Crippen LogP contribution < -0.4 is 5.48 Å². The fraction of sp³-hybridized carbons (Fsp3) is 1.00. The number of hydroxylamine groups is 1. The van der Waals surface area contributed by atoms with E-state index in [1.165, 1.54) is 7.05 Å². The zero-order valence-electron chi connectivity index (χ0n) is 4.96. The molecule has 0 saturated carbocycles. The average Bonchev–Trinajstić information content (AvgIpc) is 1.63. The van der Waals surface area contributed by atoms with Gasteiger partial charge in [0, 0.05) is 7.05 Å². The van der Waals surface area contributed by atoms with E-state index in [4.69, 9.17) is 0 Å². The van der Waals surface area contributed by atoms with Crippen LogP contribution >= 0.6 is 0 Å². The van der Waals surface area contributed by atoms with E-state index in [-0.39, 0.29) is 6.61 Å². The largest absolute Gasteiger partial charge is 0.391 e. The smallest absolute Gasteiger partial charge is 0.302 e. The zero-order chi connectivity index (χ0) is 7.33. The number of hydrogen-bond acceptors (Lipinski definition) is 2. The standard InChI is InChI=1S/C4H8F3NO/c1-8-9-3-2-4(5,6)7/h8H,2-3H2,1H3. The third kappa shape index (κ3) is 7.71. The molecule has 1 N–H and O–H groups in total. The van der Waals surface area contributed by atoms with Crippen LogP contribution in [-0.4, -0.2) is 19.8 Å². The van der Waals surface area contributed by atoms with E-state index >= 15 is 0 Å². The predicted molar refractivity (Wildman–Crippen MR) is 25.7 cm³/mol. The van der Waals surface area contributed by atoms with E-state index in [2.05, 4.69) is 10.3 Å². The maximum atomic E-state index is 11.3. The molecule has 0 rings (SSSR count). The molecule has 0 unspecified atom stereocenters. The molecule has 0 atom stereocenters. The summed E-state index contributed by atoms with van der Waals surface area (Å²) in [6.07, 6.45) is -5.02. The fourth-order valence-electron chi connectivity index (χ4n) is 0.269. The normalized spacial score (nSPS) is 12.0. The van der Waals surface area contributed by atoms with Crippen LogP contribution in [0.15, 0.2) is 0 Å². The maximum absolute atomic E-state index is 11.3. The summed E-state index contributed by atoms with van der Waals surface area (Å²) in [5, 5.41) is 0. The summed E-state index contributed by atoms with van der Waals surface area (Å²) in [5.41, 5.74) is 2.14. The molecule has 0 spiro atoms. The summed E-state index contributed by atoms with van der Waals surface area (Å²) in [6.45, 7) is -0.333. The molecule has 0 aliphatic heterocycles. The molecule has 2 nitrogen and oxygen atoms in total. The second-order valence-corrected chi connectivity index (χ2v) is 1.42. The Morgan fingerprint density at radius 1 is 1.44 bits per heavy atom. The summed E-state index contributed by atoms with van der Waals surface area (Å²) in [7, 11) is 1.41. The second kappa shape index (κ2) is 3.68. The molecule has 0 radical (unpaired) electrons. The number of nitrogens with one attached hydrogen (secondary N) is 1. The summed E-state index contributed by atoms with van der Waals surface area (Å²) >= 11 is 0. The van der Waals surface area contributed by atoms with Gasteiger partial charge in [0.25, 0.3) is 0 Å². The lowest BCUT2D eigenvalue weighted by molar-refractivity contribution is -0.149. The molecule has 0 amide bonds. The van der Waals surface area contributed by atoms with Crippen molar-refractivity contribution in [3.05, 3.63) is 0 Å². The third-order valence-corrected chi connectivity index (χ3v) is 0.632. The van der Waals surface area contributed by atoms with Crippen molar-refractivity contribution in [2.75, 3.05) is 13.7 Å². The van der Waals surface area contributed by atoms with Crippen LogP contribution in [0.25, 0.3) is 0 Å². The summed E-state index contributed by atoms with van der Waals surface area (Å²) in [4.78, 5) is 4.24. The highest BCUT2D eigenvalue weighted by Crippen LogP contribution is 2.18. The molecule has 0 fully saturated rings. The van der Waals surface area contributed by atoms with E-state index in [1.54, 1.807) is 0 Å². The molecule has 0 aromatic carbocycles. The Morgan fingerprint density at radius 2 is 2.00 bits per heavy atom. The van der Waals surface area contributed by atoms with Gasteiger partial charge in [-0.25, -0.2) is 5.48 Å². The molecule has 56 valence electrons. The molecule has 0 saturated heterocycles. The number of rotatable bonds is 3. The molecule has 0 aliphatic rings. The van der Waals surface area contributed by atoms with Crippen molar-refractivity contribution >= 4 is 0 Å². The lowest BCUT2D eigenvalue weighted by Gasteiger charge is -2.04. The highest BCUT2D eigenvalue weighted by Gasteiger charge is 2.26. The first-order valence-corrected chi connectivity index (χ1v) is 2.41. The molecule has 0 aromatic rings. The van der Waals surface area contributed by atoms with Gasteiger partial charge in [0.15, 0.2) is 0 Å². The molecule has 0 aromatic heterocycles. The van der Waals surface area contributed by atoms with Gasteiger partial charge < -0.3 is 4.84 Å². The monoisotopic (exact) mass is 143 g/mol. The summed E-state index contributed by atoms with van der Waals surface area (Å²) < 4.78 is 33.8. The van der Waals surface area contributed by atoms with Crippen LogP contribution in [0.1, 0.15) is 6.42 Å². The predicted octanol–water partition coefficient (Wildman–Crippen LogP) is 1.09. The Kier molecular flexibility index (Phi) is 3.56. The molecular weight excluding hydrogens is 135 g/mol. The average molecular weight is 143 g/mol. The van der Waals surface area contributed by atoms with Gasteiger partial charge in [0.1, 0.15) is 0 Å². The molecule has 9 heavy (non-hydrogen) atoms. The van der Waals surface area contributed by atoms with Gasteiger partial charge in [0.2, 0.25) is 0 Å². The maximum Gasteiger partial charge on any atom is 0.391 e. The van der Waals surface area contributed by atoms with Crippen LogP contribution in [-0.2, 0) is 4.84 Å². The molecular formula is C4H8F3NO. The molecule has 5 heteroatoms. The van der Waals surface area contributed by atoms with Gasteiger partial charge in [-0.05, 0) is 0 Å². The number of alkyl halides is 3. The number of halogens is 3. The van der Waals surface area contributed by atoms with Gasteiger partial charge in [-0.1, -0.05) is 0 Å². The van der Waals surface area contributed by atoms with Crippen LogP contribution in [0, 0.1) is 0 Å². The lowest BCUT2D eigenvalue weighted by Crippen LogP contribution is -2.16. The first-order chi connectivity index (χ1) is 4.06. The van der Waals surface area contributed by atoms with Crippen LogP contribution in [0.5, 0.6) is 0 Å². The molecule has 0 bridgehead atoms. The SMILES string of the molecule is CNOCCC(F)(F)F. The van der Waals surface area contributed by atoms with Crippen molar-refractivity contribution in [2.24, 2.45) is 0 Å². The first kappa shape index (κ1) is 8.71. The van der Waals surface area contributed by atoms with Gasteiger partial charge in [0.05, 0.1) is 13.0 Å². The van der Waals surface area contributed by atoms with E-state index in [1.807, 2.05) is 0 Å². The van der Waals surface area contributed by atoms with Gasteiger partial charge in [-0.2, -0.15) is 13.2 Å². The van der Waals surface area contributed by atoms with Gasteiger partial charge >= 0.3 is 6.18 Å². The van der Waals surface area contributed by atoms with Crippen LogP contribution in [0.2, 0.25) is 0 Å². The minimum Gasteiger partial charge on any atom is -0.302 e. The van der Waals surface area contributed by atoms with Crippen molar-refractivity contribution in [3.63, 3.8) is 0 Å². The van der Waals surface area contributed by atoms with Gasteiger partial charge in [-0.15, -0.1) is 0 Å². The number of hydrogen-bond donors (Lipinski definition) is 1. The Hall–Kier alpha value is -0.290. The van der Waals surface area contributed by atoms with Crippen molar-refractivity contribution in [3.8, 4) is 0 Å². The lowest BCUT2D eigenvalue weighted by atomic mass is 10.5. The topological polar surface area (TPSA) is 21.3 Å². The first-order valence-electron chi connectivity index (χ1n) is 2.41. The minimum absolute atomic E-state index is 0.333. The Labute approximate surface area is 50.9 Å². The summed E-state index contributed by atoms with van der Waals surface area (Å²) in [5.74, 6) is 0. The fourth-order valence-corrected chi connectivity index (χ4v) is 0.269. The Balaban J connectivity index is 3.07. The quantitative estimate of drug-likeness (QED) is 0.471. The van der Waals surface area contributed by atoms with E-state index in [0.717, 1.165) is 0 Å². The van der Waals surface area contributed by atoms with E-state index in [0.29, 0.717) is 0 Å². The van der Waals surface area contributed by atoms with E-state index < -0.39 is 12.6 Å². The van der Waals surface area contributed by atoms with Crippen molar-refractivity contribution in [2.45, 2.75) is 12.6 Å². The van der Waals surface area contributed by atoms with E-state index in [9.17, 15) is 13.2 Å². The van der Waals surface area contributed by atoms with Crippen LogP contribution in [0.3, 0.4) is 0 Å². The molecule has 0 aliphatic carbocycles. The van der Waals surface area contributed by atoms with Crippen molar-refractivity contribution in [1.29, 1.82) is 0 Å². The molecule has 0 heterocycles.